The molecule has 9 heteroatoms. The van der Waals surface area contributed by atoms with E-state index in [0.717, 1.165) is 14.0 Å². The summed E-state index contributed by atoms with van der Waals surface area (Å²) in [6, 6.07) is 0. The Hall–Kier alpha value is -1.19. The van der Waals surface area contributed by atoms with Gasteiger partial charge in [-0.3, -0.25) is 4.79 Å². The molecular weight excluding hydrogens is 254 g/mol. The van der Waals surface area contributed by atoms with Gasteiger partial charge in [0.15, 0.2) is 11.4 Å². The molecule has 100 valence electrons. The zero-order valence-electron chi connectivity index (χ0n) is 9.41. The van der Waals surface area contributed by atoms with E-state index in [2.05, 4.69) is 4.74 Å². The number of nitrogens with one attached hydrogen (secondary N) is 1. The third-order valence-electron chi connectivity index (χ3n) is 2.00. The lowest BCUT2D eigenvalue weighted by molar-refractivity contribution is -0.146. The third-order valence-corrected chi connectivity index (χ3v) is 3.73. The van der Waals surface area contributed by atoms with Gasteiger partial charge in [0, 0.05) is 6.54 Å². The molecule has 0 bridgehead atoms. The number of carbonyl (C=O) groups excluding carboxylic acids is 1. The maximum absolute atomic E-state index is 11.4. The number of aliphatic hydroxyl groups is 1. The van der Waals surface area contributed by atoms with Gasteiger partial charge in [0.1, 0.15) is 0 Å². The number of rotatable bonds is 7. The second-order valence-corrected chi connectivity index (χ2v) is 5.33. The molecule has 0 aromatic heterocycles. The minimum absolute atomic E-state index is 0.281. The molecule has 0 spiro atoms. The smallest absolute Gasteiger partial charge is 0.332 e. The van der Waals surface area contributed by atoms with Crippen LogP contribution in [0.1, 0.15) is 13.3 Å². The minimum atomic E-state index is -3.92. The zero-order valence-corrected chi connectivity index (χ0v) is 10.2. The average molecular weight is 269 g/mol. The summed E-state index contributed by atoms with van der Waals surface area (Å²) in [7, 11) is -2.86. The normalized spacial score (nSPS) is 15.0. The first-order valence-corrected chi connectivity index (χ1v) is 6.24. The van der Waals surface area contributed by atoms with Crippen LogP contribution in [0.4, 0.5) is 0 Å². The molecule has 3 N–H and O–H groups in total. The lowest BCUT2D eigenvalue weighted by atomic mass is 10.3. The van der Waals surface area contributed by atoms with Crippen molar-refractivity contribution in [2.24, 2.45) is 0 Å². The Balaban J connectivity index is 4.29. The van der Waals surface area contributed by atoms with Crippen LogP contribution in [0.25, 0.3) is 0 Å². The number of hydrogen-bond donors (Lipinski definition) is 3. The van der Waals surface area contributed by atoms with E-state index in [1.165, 1.54) is 0 Å². The molecule has 0 aromatic carbocycles. The lowest BCUT2D eigenvalue weighted by Gasteiger charge is -2.12. The van der Waals surface area contributed by atoms with Gasteiger partial charge in [-0.15, -0.1) is 0 Å². The molecule has 0 heterocycles. The van der Waals surface area contributed by atoms with E-state index in [4.69, 9.17) is 10.2 Å². The maximum atomic E-state index is 11.4. The van der Waals surface area contributed by atoms with Gasteiger partial charge in [-0.2, -0.15) is 0 Å². The Morgan fingerprint density at radius 3 is 2.35 bits per heavy atom. The van der Waals surface area contributed by atoms with Crippen molar-refractivity contribution in [1.29, 1.82) is 0 Å². The van der Waals surface area contributed by atoms with Crippen LogP contribution in [0.3, 0.4) is 0 Å². The maximum Gasteiger partial charge on any atom is 0.332 e. The Bertz CT molecular complexity index is 377. The van der Waals surface area contributed by atoms with Crippen molar-refractivity contribution in [2.45, 2.75) is 24.7 Å². The summed E-state index contributed by atoms with van der Waals surface area (Å²) in [4.78, 5) is 21.2. The second-order valence-electron chi connectivity index (χ2n) is 3.25. The molecule has 2 atom stereocenters. The predicted octanol–water partition coefficient (Wildman–Crippen LogP) is -1.70. The van der Waals surface area contributed by atoms with E-state index >= 15 is 0 Å². The highest BCUT2D eigenvalue weighted by molar-refractivity contribution is 7.90. The number of esters is 1. The summed E-state index contributed by atoms with van der Waals surface area (Å²) in [5.74, 6) is -2.36. The van der Waals surface area contributed by atoms with E-state index < -0.39 is 33.3 Å². The van der Waals surface area contributed by atoms with Crippen molar-refractivity contribution in [1.82, 2.24) is 4.72 Å². The highest BCUT2D eigenvalue weighted by Gasteiger charge is 2.28. The Morgan fingerprint density at radius 2 is 1.94 bits per heavy atom. The fraction of sp³-hybridized carbons (Fsp3) is 0.750. The fourth-order valence-corrected chi connectivity index (χ4v) is 1.88. The van der Waals surface area contributed by atoms with Crippen LogP contribution in [0, 0.1) is 0 Å². The molecular formula is C8H15NO7S. The van der Waals surface area contributed by atoms with Gasteiger partial charge in [0.25, 0.3) is 0 Å². The van der Waals surface area contributed by atoms with Crippen LogP contribution >= 0.6 is 0 Å². The molecule has 0 aliphatic heterocycles. The van der Waals surface area contributed by atoms with Gasteiger partial charge < -0.3 is 14.9 Å². The number of aliphatic hydroxyl groups excluding tert-OH is 1. The zero-order chi connectivity index (χ0) is 13.6. The lowest BCUT2D eigenvalue weighted by Crippen LogP contribution is -2.39. The first-order chi connectivity index (χ1) is 7.72. The Morgan fingerprint density at radius 1 is 1.41 bits per heavy atom. The van der Waals surface area contributed by atoms with Gasteiger partial charge >= 0.3 is 11.9 Å². The quantitative estimate of drug-likeness (QED) is 0.470. The molecule has 0 saturated carbocycles. The first kappa shape index (κ1) is 15.8. The molecule has 0 amide bonds. The van der Waals surface area contributed by atoms with Crippen molar-refractivity contribution in [2.75, 3.05) is 13.7 Å². The number of hydrogen-bond acceptors (Lipinski definition) is 6. The summed E-state index contributed by atoms with van der Waals surface area (Å²) < 4.78 is 29.2. The highest BCUT2D eigenvalue weighted by atomic mass is 32.2. The van der Waals surface area contributed by atoms with Gasteiger partial charge in [-0.25, -0.2) is 17.9 Å². The molecule has 2 unspecified atom stereocenters. The summed E-state index contributed by atoms with van der Waals surface area (Å²) in [5.41, 5.74) is 0. The monoisotopic (exact) mass is 269 g/mol. The van der Waals surface area contributed by atoms with Crippen molar-refractivity contribution < 1.29 is 33.0 Å². The van der Waals surface area contributed by atoms with E-state index in [1.54, 1.807) is 0 Å². The third kappa shape index (κ3) is 5.11. The molecule has 0 aliphatic carbocycles. The van der Waals surface area contributed by atoms with Crippen molar-refractivity contribution in [3.8, 4) is 0 Å². The van der Waals surface area contributed by atoms with Crippen LogP contribution in [0.15, 0.2) is 0 Å². The molecule has 0 fully saturated rings. The topological polar surface area (TPSA) is 130 Å². The number of carboxylic acid groups (broad SMARTS) is 1. The van der Waals surface area contributed by atoms with Crippen LogP contribution in [0.5, 0.6) is 0 Å². The Kier molecular flexibility index (Phi) is 6.07. The minimum Gasteiger partial charge on any atom is -0.479 e. The summed E-state index contributed by atoms with van der Waals surface area (Å²) in [6.07, 6.45) is -1.94. The van der Waals surface area contributed by atoms with E-state index in [0.29, 0.717) is 0 Å². The number of sulfonamides is 1. The molecule has 8 nitrogen and oxygen atoms in total. The van der Waals surface area contributed by atoms with E-state index in [1.807, 2.05) is 4.72 Å². The van der Waals surface area contributed by atoms with Crippen LogP contribution < -0.4 is 4.72 Å². The summed E-state index contributed by atoms with van der Waals surface area (Å²) in [5, 5.41) is 15.8. The van der Waals surface area contributed by atoms with Crippen molar-refractivity contribution in [3.63, 3.8) is 0 Å². The van der Waals surface area contributed by atoms with Gasteiger partial charge in [0.05, 0.1) is 7.11 Å². The van der Waals surface area contributed by atoms with Crippen molar-refractivity contribution >= 4 is 22.0 Å². The SMILES string of the molecule is COC(=O)C(C)S(=O)(=O)NCCC(O)C(=O)O. The molecule has 17 heavy (non-hydrogen) atoms. The highest BCUT2D eigenvalue weighted by Crippen LogP contribution is 2.01. The van der Waals surface area contributed by atoms with Gasteiger partial charge in [-0.05, 0) is 13.3 Å². The van der Waals surface area contributed by atoms with Crippen molar-refractivity contribution in [3.05, 3.63) is 0 Å². The van der Waals surface area contributed by atoms with Crippen LogP contribution in [0.2, 0.25) is 0 Å². The Labute approximate surface area is 98.6 Å². The number of ether oxygens (including phenoxy) is 1. The molecule has 0 saturated heterocycles. The summed E-state index contributed by atoms with van der Waals surface area (Å²) in [6.45, 7) is 0.860. The van der Waals surface area contributed by atoms with E-state index in [9.17, 15) is 18.0 Å². The average Bonchev–Trinajstić information content (AvgIpc) is 2.26. The molecule has 0 radical (unpaired) electrons. The number of methoxy groups -OCH3 is 1. The number of aliphatic carboxylic acids is 1. The van der Waals surface area contributed by atoms with E-state index in [-0.39, 0.29) is 13.0 Å². The summed E-state index contributed by atoms with van der Waals surface area (Å²) >= 11 is 0. The molecule has 0 aromatic rings. The van der Waals surface area contributed by atoms with Gasteiger partial charge in [-0.1, -0.05) is 0 Å². The predicted molar refractivity (Wildman–Crippen MR) is 56.7 cm³/mol. The van der Waals surface area contributed by atoms with Crippen LogP contribution in [-0.4, -0.2) is 55.6 Å². The van der Waals surface area contributed by atoms with Crippen LogP contribution in [-0.2, 0) is 24.3 Å². The standard InChI is InChI=1S/C8H15NO7S/c1-5(8(13)16-2)17(14,15)9-4-3-6(10)7(11)12/h5-6,9-10H,3-4H2,1-2H3,(H,11,12). The molecule has 0 aliphatic rings. The second kappa shape index (κ2) is 6.52. The number of carbonyl (C=O) groups is 2. The number of carboxylic acids is 1. The van der Waals surface area contributed by atoms with Gasteiger partial charge in [0.2, 0.25) is 10.0 Å². The first-order valence-electron chi connectivity index (χ1n) is 4.69. The fourth-order valence-electron chi connectivity index (χ4n) is 0.879. The largest absolute Gasteiger partial charge is 0.479 e. The molecule has 0 rings (SSSR count).